The number of likely N-dealkylation sites (tertiary alicyclic amines) is 1. The van der Waals surface area contributed by atoms with E-state index >= 15 is 0 Å². The van der Waals surface area contributed by atoms with Crippen molar-refractivity contribution in [3.8, 4) is 0 Å². The number of hydrogen-bond donors (Lipinski definition) is 3. The Kier molecular flexibility index (Phi) is 8.32. The topological polar surface area (TPSA) is 98.7 Å². The van der Waals surface area contributed by atoms with Crippen molar-refractivity contribution in [1.82, 2.24) is 10.2 Å². The van der Waals surface area contributed by atoms with E-state index in [1.54, 1.807) is 36.2 Å². The van der Waals surface area contributed by atoms with Crippen LogP contribution >= 0.6 is 11.6 Å². The van der Waals surface area contributed by atoms with E-state index in [1.165, 1.54) is 0 Å². The average Bonchev–Trinajstić information content (AvgIpc) is 3.06. The summed E-state index contributed by atoms with van der Waals surface area (Å²) in [6.07, 6.45) is 7.02. The fraction of sp³-hybridized carbons (Fsp3) is 0.542. The minimum absolute atomic E-state index is 0.100. The lowest BCUT2D eigenvalue weighted by Gasteiger charge is -2.32. The lowest BCUT2D eigenvalue weighted by atomic mass is 9.70. The van der Waals surface area contributed by atoms with Crippen LogP contribution in [-0.4, -0.2) is 54.0 Å². The third-order valence-corrected chi connectivity index (χ3v) is 6.86. The van der Waals surface area contributed by atoms with Gasteiger partial charge in [0.05, 0.1) is 22.5 Å². The molecule has 0 radical (unpaired) electrons. The van der Waals surface area contributed by atoms with Crippen LogP contribution in [0.5, 0.6) is 0 Å². The molecule has 0 bridgehead atoms. The molecule has 7 nitrogen and oxygen atoms in total. The number of rotatable bonds is 9. The highest BCUT2D eigenvalue weighted by atomic mass is 35.5. The number of benzene rings is 1. The molecular weight excluding hydrogens is 430 g/mol. The number of nitrogens with one attached hydrogen (secondary N) is 2. The Hall–Kier alpha value is -2.38. The van der Waals surface area contributed by atoms with Crippen LogP contribution in [0.3, 0.4) is 0 Å². The van der Waals surface area contributed by atoms with Crippen molar-refractivity contribution in [1.29, 1.82) is 0 Å². The van der Waals surface area contributed by atoms with Crippen LogP contribution in [0, 0.1) is 23.7 Å². The van der Waals surface area contributed by atoms with Crippen LogP contribution in [0.4, 0.5) is 5.69 Å². The first-order valence-electron chi connectivity index (χ1n) is 11.3. The molecule has 1 aliphatic heterocycles. The molecule has 1 aliphatic carbocycles. The molecule has 3 N–H and O–H groups in total. The largest absolute Gasteiger partial charge is 0.396 e. The zero-order chi connectivity index (χ0) is 23.3. The molecular formula is C24H32ClN3O4. The van der Waals surface area contributed by atoms with Gasteiger partial charge in [-0.15, -0.1) is 0 Å². The van der Waals surface area contributed by atoms with Crippen LogP contribution in [0.1, 0.15) is 32.6 Å². The summed E-state index contributed by atoms with van der Waals surface area (Å²) >= 11 is 6.23. The lowest BCUT2D eigenvalue weighted by Crippen LogP contribution is -2.45. The number of anilines is 1. The summed E-state index contributed by atoms with van der Waals surface area (Å²) in [6.45, 7) is 2.50. The van der Waals surface area contributed by atoms with E-state index in [0.29, 0.717) is 23.7 Å². The second kappa shape index (κ2) is 11.0. The average molecular weight is 462 g/mol. The van der Waals surface area contributed by atoms with Crippen molar-refractivity contribution >= 4 is 35.0 Å². The number of aliphatic hydroxyl groups is 1. The maximum Gasteiger partial charge on any atom is 0.247 e. The number of fused-ring (bicyclic) bond motifs is 1. The predicted octanol–water partition coefficient (Wildman–Crippen LogP) is 2.84. The van der Waals surface area contributed by atoms with Gasteiger partial charge in [-0.1, -0.05) is 55.7 Å². The van der Waals surface area contributed by atoms with E-state index in [4.69, 9.17) is 16.7 Å². The van der Waals surface area contributed by atoms with Crippen LogP contribution < -0.4 is 10.6 Å². The van der Waals surface area contributed by atoms with Crippen LogP contribution in [-0.2, 0) is 14.4 Å². The third-order valence-electron chi connectivity index (χ3n) is 6.53. The summed E-state index contributed by atoms with van der Waals surface area (Å²) in [6, 6.07) is 6.28. The van der Waals surface area contributed by atoms with E-state index in [9.17, 15) is 14.4 Å². The Bertz CT molecular complexity index is 875. The molecule has 1 saturated heterocycles. The monoisotopic (exact) mass is 461 g/mol. The molecule has 1 aromatic rings. The molecule has 0 unspecified atom stereocenters. The summed E-state index contributed by atoms with van der Waals surface area (Å²) < 4.78 is 0. The summed E-state index contributed by atoms with van der Waals surface area (Å²) in [5, 5.41) is 15.0. The van der Waals surface area contributed by atoms with Crippen molar-refractivity contribution in [2.24, 2.45) is 23.7 Å². The first-order chi connectivity index (χ1) is 15.4. The number of nitrogens with zero attached hydrogens (tertiary/aromatic N) is 1. The van der Waals surface area contributed by atoms with Crippen molar-refractivity contribution in [3.63, 3.8) is 0 Å². The number of aliphatic hydroxyl groups excluding tert-OH is 1. The first kappa shape index (κ1) is 24.3. The number of hydrogen-bond acceptors (Lipinski definition) is 4. The fourth-order valence-electron chi connectivity index (χ4n) is 4.92. The number of allylic oxidation sites excluding steroid dienone is 1. The summed E-state index contributed by atoms with van der Waals surface area (Å²) in [5.74, 6) is -2.21. The second-order valence-electron chi connectivity index (χ2n) is 8.57. The van der Waals surface area contributed by atoms with Gasteiger partial charge in [0.1, 0.15) is 6.04 Å². The Morgan fingerprint density at radius 3 is 2.50 bits per heavy atom. The molecule has 2 aliphatic rings. The standard InChI is InChI=1S/C24H32ClN3O4/c1-15-11-12-16-20(19(15)22(30)26-2)24(32)28(13-7-3-4-8-14-29)21(16)23(31)27-18-10-6-5-9-17(18)25/h5-6,9-12,15-16,19-21,29H,3-4,7-8,13-14H2,1-2H3,(H,26,30)(H,27,31)/t15-,16+,19-,20+,21+/m1/s1. The molecule has 1 aromatic carbocycles. The number of amides is 3. The van der Waals surface area contributed by atoms with Gasteiger partial charge in [0, 0.05) is 26.1 Å². The number of carbonyl (C=O) groups is 3. The highest BCUT2D eigenvalue weighted by Gasteiger charge is 2.56. The molecule has 0 spiro atoms. The molecule has 1 fully saturated rings. The molecule has 3 rings (SSSR count). The van der Waals surface area contributed by atoms with Crippen molar-refractivity contribution in [3.05, 3.63) is 41.4 Å². The van der Waals surface area contributed by atoms with E-state index < -0.39 is 17.9 Å². The Labute approximate surface area is 194 Å². The predicted molar refractivity (Wildman–Crippen MR) is 124 cm³/mol. The number of para-hydroxylation sites is 1. The number of unbranched alkanes of at least 4 members (excludes halogenated alkanes) is 3. The molecule has 174 valence electrons. The van der Waals surface area contributed by atoms with E-state index in [2.05, 4.69) is 10.6 Å². The second-order valence-corrected chi connectivity index (χ2v) is 8.98. The Balaban J connectivity index is 1.88. The SMILES string of the molecule is CNC(=O)[C@H]1[C@H]2C(=O)N(CCCCCCO)[C@H](C(=O)Nc3ccccc3Cl)[C@H]2C=C[C@H]1C. The smallest absolute Gasteiger partial charge is 0.247 e. The Morgan fingerprint density at radius 1 is 1.09 bits per heavy atom. The van der Waals surface area contributed by atoms with Gasteiger partial charge in [0.25, 0.3) is 0 Å². The molecule has 3 amide bonds. The van der Waals surface area contributed by atoms with Gasteiger partial charge in [0.15, 0.2) is 0 Å². The maximum absolute atomic E-state index is 13.5. The van der Waals surface area contributed by atoms with Crippen LogP contribution in [0.2, 0.25) is 5.02 Å². The minimum atomic E-state index is -0.711. The Morgan fingerprint density at radius 2 is 1.81 bits per heavy atom. The molecule has 0 aromatic heterocycles. The summed E-state index contributed by atoms with van der Waals surface area (Å²) in [4.78, 5) is 41.2. The summed E-state index contributed by atoms with van der Waals surface area (Å²) in [5.41, 5.74) is 0.494. The number of halogens is 1. The quantitative estimate of drug-likeness (QED) is 0.389. The molecule has 1 heterocycles. The number of carbonyl (C=O) groups excluding carboxylic acids is 3. The lowest BCUT2D eigenvalue weighted by molar-refractivity contribution is -0.140. The normalized spacial score (nSPS) is 26.7. The fourth-order valence-corrected chi connectivity index (χ4v) is 5.10. The third kappa shape index (κ3) is 4.99. The molecule has 32 heavy (non-hydrogen) atoms. The van der Waals surface area contributed by atoms with Gasteiger partial charge >= 0.3 is 0 Å². The van der Waals surface area contributed by atoms with E-state index in [1.807, 2.05) is 19.1 Å². The van der Waals surface area contributed by atoms with E-state index in [-0.39, 0.29) is 36.2 Å². The summed E-state index contributed by atoms with van der Waals surface area (Å²) in [7, 11) is 1.57. The highest BCUT2D eigenvalue weighted by Crippen LogP contribution is 2.44. The van der Waals surface area contributed by atoms with Gasteiger partial charge in [-0.3, -0.25) is 14.4 Å². The zero-order valence-electron chi connectivity index (χ0n) is 18.6. The highest BCUT2D eigenvalue weighted by molar-refractivity contribution is 6.33. The van der Waals surface area contributed by atoms with Gasteiger partial charge in [0.2, 0.25) is 17.7 Å². The van der Waals surface area contributed by atoms with Gasteiger partial charge in [-0.25, -0.2) is 0 Å². The molecule has 8 heteroatoms. The van der Waals surface area contributed by atoms with Gasteiger partial charge < -0.3 is 20.6 Å². The molecule has 5 atom stereocenters. The van der Waals surface area contributed by atoms with Gasteiger partial charge in [-0.05, 0) is 30.9 Å². The van der Waals surface area contributed by atoms with Crippen LogP contribution in [0.15, 0.2) is 36.4 Å². The zero-order valence-corrected chi connectivity index (χ0v) is 19.3. The minimum Gasteiger partial charge on any atom is -0.396 e. The maximum atomic E-state index is 13.5. The van der Waals surface area contributed by atoms with E-state index in [0.717, 1.165) is 19.3 Å². The first-order valence-corrected chi connectivity index (χ1v) is 11.6. The van der Waals surface area contributed by atoms with Crippen molar-refractivity contribution in [2.45, 2.75) is 38.6 Å². The van der Waals surface area contributed by atoms with Gasteiger partial charge in [-0.2, -0.15) is 0 Å². The van der Waals surface area contributed by atoms with Crippen molar-refractivity contribution in [2.75, 3.05) is 25.5 Å². The van der Waals surface area contributed by atoms with Crippen LogP contribution in [0.25, 0.3) is 0 Å². The molecule has 0 saturated carbocycles. The van der Waals surface area contributed by atoms with Crippen molar-refractivity contribution < 1.29 is 19.5 Å².